The molecule has 0 saturated carbocycles. The fourth-order valence-corrected chi connectivity index (χ4v) is 2.04. The van der Waals surface area contributed by atoms with Crippen molar-refractivity contribution in [2.24, 2.45) is 11.7 Å². The van der Waals surface area contributed by atoms with Gasteiger partial charge in [0, 0.05) is 12.2 Å². The van der Waals surface area contributed by atoms with Crippen molar-refractivity contribution in [2.45, 2.75) is 13.3 Å². The molecule has 1 atom stereocenters. The Kier molecular flexibility index (Phi) is 4.63. The average molecular weight is 258 g/mol. The van der Waals surface area contributed by atoms with E-state index in [2.05, 4.69) is 42.6 Å². The van der Waals surface area contributed by atoms with Gasteiger partial charge in [-0.3, -0.25) is 0 Å². The van der Waals surface area contributed by atoms with Crippen LogP contribution < -0.4 is 15.8 Å². The first-order chi connectivity index (χ1) is 9.22. The number of benzene rings is 2. The molecular formula is C16H22N2O. The predicted molar refractivity (Wildman–Crippen MR) is 81.8 cm³/mol. The highest BCUT2D eigenvalue weighted by atomic mass is 16.5. The summed E-state index contributed by atoms with van der Waals surface area (Å²) in [7, 11) is 1.69. The highest BCUT2D eigenvalue weighted by molar-refractivity contribution is 5.86. The van der Waals surface area contributed by atoms with E-state index in [1.807, 2.05) is 6.07 Å². The topological polar surface area (TPSA) is 47.3 Å². The van der Waals surface area contributed by atoms with E-state index in [4.69, 9.17) is 10.5 Å². The second-order valence-corrected chi connectivity index (χ2v) is 4.98. The Bertz CT molecular complexity index is 539. The highest BCUT2D eigenvalue weighted by Gasteiger charge is 2.00. The van der Waals surface area contributed by atoms with Crippen LogP contribution in [0.25, 0.3) is 10.8 Å². The fraction of sp³-hybridized carbons (Fsp3) is 0.375. The Morgan fingerprint density at radius 1 is 1.16 bits per heavy atom. The molecule has 0 bridgehead atoms. The van der Waals surface area contributed by atoms with Gasteiger partial charge in [-0.15, -0.1) is 0 Å². The number of nitrogens with one attached hydrogen (secondary N) is 1. The molecule has 3 nitrogen and oxygen atoms in total. The molecule has 19 heavy (non-hydrogen) atoms. The number of methoxy groups -OCH3 is 1. The van der Waals surface area contributed by atoms with Crippen molar-refractivity contribution in [1.29, 1.82) is 0 Å². The zero-order valence-corrected chi connectivity index (χ0v) is 11.6. The van der Waals surface area contributed by atoms with Gasteiger partial charge >= 0.3 is 0 Å². The minimum atomic E-state index is 0.567. The number of nitrogens with two attached hydrogens (primary N) is 1. The van der Waals surface area contributed by atoms with Crippen LogP contribution in [0.15, 0.2) is 36.4 Å². The summed E-state index contributed by atoms with van der Waals surface area (Å²) in [6.45, 7) is 3.88. The molecule has 2 aromatic rings. The van der Waals surface area contributed by atoms with Gasteiger partial charge in [0.1, 0.15) is 5.75 Å². The summed E-state index contributed by atoms with van der Waals surface area (Å²) in [6.07, 6.45) is 1.09. The van der Waals surface area contributed by atoms with E-state index < -0.39 is 0 Å². The zero-order chi connectivity index (χ0) is 13.7. The van der Waals surface area contributed by atoms with Crippen molar-refractivity contribution < 1.29 is 4.74 Å². The molecule has 3 N–H and O–H groups in total. The van der Waals surface area contributed by atoms with E-state index >= 15 is 0 Å². The quantitative estimate of drug-likeness (QED) is 0.836. The van der Waals surface area contributed by atoms with Crippen molar-refractivity contribution in [1.82, 2.24) is 0 Å². The molecule has 0 fully saturated rings. The van der Waals surface area contributed by atoms with Gasteiger partial charge in [0.25, 0.3) is 0 Å². The third-order valence-electron chi connectivity index (χ3n) is 3.42. The maximum atomic E-state index is 5.61. The van der Waals surface area contributed by atoms with Gasteiger partial charge in [-0.1, -0.05) is 19.1 Å². The minimum Gasteiger partial charge on any atom is -0.497 e. The standard InChI is InChI=1S/C16H22N2O/c1-12(11-17)7-8-18-15-5-3-14-10-16(19-2)6-4-13(14)9-15/h3-6,9-10,12,18H,7-8,11,17H2,1-2H3. The smallest absolute Gasteiger partial charge is 0.119 e. The molecule has 1 unspecified atom stereocenters. The van der Waals surface area contributed by atoms with Crippen molar-refractivity contribution >= 4 is 16.5 Å². The van der Waals surface area contributed by atoms with E-state index in [0.717, 1.165) is 30.9 Å². The zero-order valence-electron chi connectivity index (χ0n) is 11.6. The monoisotopic (exact) mass is 258 g/mol. The van der Waals surface area contributed by atoms with Crippen LogP contribution in [-0.2, 0) is 0 Å². The van der Waals surface area contributed by atoms with Crippen LogP contribution in [0.1, 0.15) is 13.3 Å². The maximum absolute atomic E-state index is 5.61. The van der Waals surface area contributed by atoms with Gasteiger partial charge in [-0.2, -0.15) is 0 Å². The van der Waals surface area contributed by atoms with Crippen molar-refractivity contribution in [3.05, 3.63) is 36.4 Å². The molecule has 0 heterocycles. The number of fused-ring (bicyclic) bond motifs is 1. The first-order valence-electron chi connectivity index (χ1n) is 6.74. The SMILES string of the molecule is COc1ccc2cc(NCCC(C)CN)ccc2c1. The summed E-state index contributed by atoms with van der Waals surface area (Å²) >= 11 is 0. The number of hydrogen-bond donors (Lipinski definition) is 2. The van der Waals surface area contributed by atoms with E-state index in [1.54, 1.807) is 7.11 Å². The Morgan fingerprint density at radius 2 is 1.89 bits per heavy atom. The Hall–Kier alpha value is -1.74. The van der Waals surface area contributed by atoms with E-state index in [9.17, 15) is 0 Å². The molecule has 2 aromatic carbocycles. The van der Waals surface area contributed by atoms with E-state index in [-0.39, 0.29) is 0 Å². The molecule has 0 aromatic heterocycles. The Morgan fingerprint density at radius 3 is 2.63 bits per heavy atom. The average Bonchev–Trinajstić information content (AvgIpc) is 2.46. The fourth-order valence-electron chi connectivity index (χ4n) is 2.04. The van der Waals surface area contributed by atoms with E-state index in [0.29, 0.717) is 5.92 Å². The molecule has 0 amide bonds. The lowest BCUT2D eigenvalue weighted by molar-refractivity contribution is 0.415. The first kappa shape index (κ1) is 13.7. The lowest BCUT2D eigenvalue weighted by Gasteiger charge is -2.11. The van der Waals surface area contributed by atoms with Gasteiger partial charge in [-0.05, 0) is 53.9 Å². The Labute approximate surface area is 114 Å². The first-order valence-corrected chi connectivity index (χ1v) is 6.74. The van der Waals surface area contributed by atoms with Crippen LogP contribution >= 0.6 is 0 Å². The predicted octanol–water partition coefficient (Wildman–Crippen LogP) is 3.25. The molecule has 0 aliphatic carbocycles. The second kappa shape index (κ2) is 6.43. The molecule has 0 aliphatic rings. The van der Waals surface area contributed by atoms with Gasteiger partial charge < -0.3 is 15.8 Å². The van der Waals surface area contributed by atoms with Crippen LogP contribution in [-0.4, -0.2) is 20.2 Å². The van der Waals surface area contributed by atoms with Crippen molar-refractivity contribution in [3.8, 4) is 5.75 Å². The molecule has 0 spiro atoms. The summed E-state index contributed by atoms with van der Waals surface area (Å²) in [5.41, 5.74) is 6.77. The normalized spacial score (nSPS) is 12.4. The Balaban J connectivity index is 2.05. The number of rotatable bonds is 6. The summed E-state index contributed by atoms with van der Waals surface area (Å²) in [4.78, 5) is 0. The van der Waals surface area contributed by atoms with Crippen LogP contribution in [0.4, 0.5) is 5.69 Å². The van der Waals surface area contributed by atoms with Gasteiger partial charge in [0.15, 0.2) is 0 Å². The molecular weight excluding hydrogens is 236 g/mol. The molecule has 3 heteroatoms. The lowest BCUT2D eigenvalue weighted by atomic mass is 10.1. The maximum Gasteiger partial charge on any atom is 0.119 e. The van der Waals surface area contributed by atoms with Gasteiger partial charge in [0.05, 0.1) is 7.11 Å². The molecule has 0 aliphatic heterocycles. The largest absolute Gasteiger partial charge is 0.497 e. The minimum absolute atomic E-state index is 0.567. The molecule has 0 saturated heterocycles. The number of hydrogen-bond acceptors (Lipinski definition) is 3. The third kappa shape index (κ3) is 3.61. The van der Waals surface area contributed by atoms with E-state index in [1.165, 1.54) is 10.8 Å². The molecule has 0 radical (unpaired) electrons. The van der Waals surface area contributed by atoms with Gasteiger partial charge in [0.2, 0.25) is 0 Å². The van der Waals surface area contributed by atoms with Crippen molar-refractivity contribution in [2.75, 3.05) is 25.5 Å². The summed E-state index contributed by atoms with van der Waals surface area (Å²) in [5, 5.41) is 5.86. The third-order valence-corrected chi connectivity index (χ3v) is 3.42. The lowest BCUT2D eigenvalue weighted by Crippen LogP contribution is -2.14. The van der Waals surface area contributed by atoms with Crippen molar-refractivity contribution in [3.63, 3.8) is 0 Å². The summed E-state index contributed by atoms with van der Waals surface area (Å²) in [5.74, 6) is 1.46. The second-order valence-electron chi connectivity index (χ2n) is 4.98. The summed E-state index contributed by atoms with van der Waals surface area (Å²) in [6, 6.07) is 12.5. The van der Waals surface area contributed by atoms with Crippen LogP contribution in [0.2, 0.25) is 0 Å². The summed E-state index contributed by atoms with van der Waals surface area (Å²) < 4.78 is 5.23. The highest BCUT2D eigenvalue weighted by Crippen LogP contribution is 2.23. The molecule has 102 valence electrons. The number of anilines is 1. The van der Waals surface area contributed by atoms with Crippen LogP contribution in [0.3, 0.4) is 0 Å². The van der Waals surface area contributed by atoms with Crippen LogP contribution in [0, 0.1) is 5.92 Å². The molecule has 2 rings (SSSR count). The number of ether oxygens (including phenoxy) is 1. The van der Waals surface area contributed by atoms with Gasteiger partial charge in [-0.25, -0.2) is 0 Å². The van der Waals surface area contributed by atoms with Crippen LogP contribution in [0.5, 0.6) is 5.75 Å².